The van der Waals surface area contributed by atoms with Crippen molar-refractivity contribution in [1.29, 1.82) is 0 Å². The summed E-state index contributed by atoms with van der Waals surface area (Å²) in [4.78, 5) is 5.00. The zero-order chi connectivity index (χ0) is 53.5. The molecular formula is C79H54N2. The third kappa shape index (κ3) is 6.93. The molecule has 0 N–H and O–H groups in total. The monoisotopic (exact) mass is 1030 g/mol. The molecule has 0 spiro atoms. The van der Waals surface area contributed by atoms with E-state index in [0.717, 1.165) is 40.5 Å². The van der Waals surface area contributed by atoms with Crippen molar-refractivity contribution in [2.24, 2.45) is 0 Å². The number of para-hydroxylation sites is 2. The topological polar surface area (TPSA) is 6.48 Å². The molecule has 0 aromatic heterocycles. The van der Waals surface area contributed by atoms with Crippen molar-refractivity contribution in [3.05, 3.63) is 365 Å². The van der Waals surface area contributed by atoms with Crippen LogP contribution in [-0.4, -0.2) is 0 Å². The molecule has 0 amide bonds. The molecule has 81 heavy (non-hydrogen) atoms. The van der Waals surface area contributed by atoms with Gasteiger partial charge in [0.05, 0.1) is 22.2 Å². The number of nitrogens with zero attached hydrogens (tertiary/aromatic N) is 2. The minimum absolute atomic E-state index is 0.537. The van der Waals surface area contributed by atoms with Gasteiger partial charge in [0.15, 0.2) is 0 Å². The molecule has 380 valence electrons. The predicted molar refractivity (Wildman–Crippen MR) is 338 cm³/mol. The van der Waals surface area contributed by atoms with Gasteiger partial charge >= 0.3 is 0 Å². The second kappa shape index (κ2) is 18.7. The van der Waals surface area contributed by atoms with E-state index < -0.39 is 10.8 Å². The third-order valence-electron chi connectivity index (χ3n) is 17.8. The van der Waals surface area contributed by atoms with Crippen LogP contribution in [0.5, 0.6) is 0 Å². The Bertz CT molecular complexity index is 4530. The van der Waals surface area contributed by atoms with Gasteiger partial charge in [0, 0.05) is 28.1 Å². The fraction of sp³-hybridized carbons (Fsp3) is 0.0380. The molecule has 3 aliphatic carbocycles. The Labute approximate surface area is 473 Å². The fourth-order valence-electron chi connectivity index (χ4n) is 14.6. The Morgan fingerprint density at radius 2 is 0.667 bits per heavy atom. The zero-order valence-electron chi connectivity index (χ0n) is 44.6. The van der Waals surface area contributed by atoms with Gasteiger partial charge in [0.25, 0.3) is 0 Å². The van der Waals surface area contributed by atoms with Gasteiger partial charge in [-0.15, -0.1) is 0 Å². The molecule has 0 bridgehead atoms. The molecule has 3 aliphatic rings. The van der Waals surface area contributed by atoms with Crippen molar-refractivity contribution in [3.63, 3.8) is 0 Å². The van der Waals surface area contributed by atoms with Crippen LogP contribution < -0.4 is 9.80 Å². The number of rotatable bonds is 10. The maximum absolute atomic E-state index is 2.51. The SMILES string of the molecule is C1=Cc2ccc(N(c3ccccc3)c3cccc(C4(c5ccccc5)c5ccccc5-c5ccccc54)c3)c3ccc4ccc(N(c5ccccc5)c5cccc(C6(c7ccccc7)c7ccccc7-c7ccccc76)c5)c(c4c23)C1. The summed E-state index contributed by atoms with van der Waals surface area (Å²) in [6.45, 7) is 0. The van der Waals surface area contributed by atoms with Crippen LogP contribution >= 0.6 is 0 Å². The maximum Gasteiger partial charge on any atom is 0.0714 e. The highest BCUT2D eigenvalue weighted by atomic mass is 15.2. The van der Waals surface area contributed by atoms with E-state index in [1.54, 1.807) is 0 Å². The van der Waals surface area contributed by atoms with E-state index in [1.807, 2.05) is 0 Å². The Hall–Kier alpha value is -10.3. The molecular weight excluding hydrogens is 977 g/mol. The van der Waals surface area contributed by atoms with Crippen molar-refractivity contribution < 1.29 is 0 Å². The summed E-state index contributed by atoms with van der Waals surface area (Å²) in [6, 6.07) is 113. The van der Waals surface area contributed by atoms with Crippen molar-refractivity contribution in [1.82, 2.24) is 0 Å². The van der Waals surface area contributed by atoms with Crippen molar-refractivity contribution >= 4 is 61.7 Å². The lowest BCUT2D eigenvalue weighted by atomic mass is 9.67. The molecule has 2 nitrogen and oxygen atoms in total. The van der Waals surface area contributed by atoms with Gasteiger partial charge < -0.3 is 9.80 Å². The Balaban J connectivity index is 0.906. The van der Waals surface area contributed by atoms with E-state index in [2.05, 4.69) is 325 Å². The average molecular weight is 1030 g/mol. The highest BCUT2D eigenvalue weighted by Gasteiger charge is 2.47. The fourth-order valence-corrected chi connectivity index (χ4v) is 14.6. The third-order valence-corrected chi connectivity index (χ3v) is 17.8. The van der Waals surface area contributed by atoms with Crippen LogP contribution in [-0.2, 0) is 17.3 Å². The van der Waals surface area contributed by atoms with Crippen LogP contribution in [0.15, 0.2) is 309 Å². The molecule has 2 heteroatoms. The molecule has 0 aliphatic heterocycles. The lowest BCUT2D eigenvalue weighted by Crippen LogP contribution is -2.28. The number of hydrogen-bond donors (Lipinski definition) is 0. The molecule has 13 aromatic carbocycles. The van der Waals surface area contributed by atoms with Gasteiger partial charge in [-0.1, -0.05) is 255 Å². The van der Waals surface area contributed by atoms with Crippen LogP contribution in [0.2, 0.25) is 0 Å². The maximum atomic E-state index is 2.51. The molecule has 0 radical (unpaired) electrons. The van der Waals surface area contributed by atoms with E-state index in [0.29, 0.717) is 0 Å². The first-order valence-corrected chi connectivity index (χ1v) is 28.3. The number of hydrogen-bond acceptors (Lipinski definition) is 2. The molecule has 0 saturated carbocycles. The summed E-state index contributed by atoms with van der Waals surface area (Å²) in [5.74, 6) is 0. The first-order valence-electron chi connectivity index (χ1n) is 28.3. The quantitative estimate of drug-likeness (QED) is 0.126. The zero-order valence-corrected chi connectivity index (χ0v) is 44.6. The molecule has 0 fully saturated rings. The molecule has 0 atom stereocenters. The number of benzene rings is 13. The number of fused-ring (bicyclic) bond motifs is 6. The summed E-state index contributed by atoms with van der Waals surface area (Å²) in [5.41, 5.74) is 23.5. The normalized spacial score (nSPS) is 13.8. The van der Waals surface area contributed by atoms with Crippen LogP contribution in [0.25, 0.3) is 49.9 Å². The first kappa shape index (κ1) is 46.8. The van der Waals surface area contributed by atoms with Gasteiger partial charge in [-0.3, -0.25) is 0 Å². The highest BCUT2D eigenvalue weighted by Crippen LogP contribution is 2.59. The van der Waals surface area contributed by atoms with Gasteiger partial charge in [0.1, 0.15) is 0 Å². The van der Waals surface area contributed by atoms with Crippen LogP contribution in [0.1, 0.15) is 55.6 Å². The van der Waals surface area contributed by atoms with Gasteiger partial charge in [-0.2, -0.15) is 0 Å². The van der Waals surface area contributed by atoms with Crippen molar-refractivity contribution in [3.8, 4) is 22.3 Å². The summed E-state index contributed by atoms with van der Waals surface area (Å²) in [5, 5.41) is 4.97. The molecule has 16 rings (SSSR count). The Morgan fingerprint density at radius 1 is 0.284 bits per heavy atom. The van der Waals surface area contributed by atoms with E-state index in [9.17, 15) is 0 Å². The molecule has 0 heterocycles. The minimum Gasteiger partial charge on any atom is -0.310 e. The van der Waals surface area contributed by atoms with Gasteiger partial charge in [0.2, 0.25) is 0 Å². The van der Waals surface area contributed by atoms with Crippen molar-refractivity contribution in [2.75, 3.05) is 9.80 Å². The van der Waals surface area contributed by atoms with Gasteiger partial charge in [-0.25, -0.2) is 0 Å². The van der Waals surface area contributed by atoms with E-state index in [1.165, 1.54) is 99.4 Å². The van der Waals surface area contributed by atoms with E-state index in [4.69, 9.17) is 0 Å². The summed E-state index contributed by atoms with van der Waals surface area (Å²) in [6.07, 6.45) is 5.50. The molecule has 0 unspecified atom stereocenters. The first-order chi connectivity index (χ1) is 40.2. The lowest BCUT2D eigenvalue weighted by Gasteiger charge is -2.35. The number of allylic oxidation sites excluding steroid dienone is 1. The van der Waals surface area contributed by atoms with Crippen LogP contribution in [0, 0.1) is 0 Å². The summed E-state index contributed by atoms with van der Waals surface area (Å²) in [7, 11) is 0. The minimum atomic E-state index is -0.540. The second-order valence-corrected chi connectivity index (χ2v) is 21.8. The summed E-state index contributed by atoms with van der Waals surface area (Å²) < 4.78 is 0. The smallest absolute Gasteiger partial charge is 0.0714 e. The van der Waals surface area contributed by atoms with Crippen LogP contribution in [0.3, 0.4) is 0 Å². The van der Waals surface area contributed by atoms with E-state index in [-0.39, 0.29) is 0 Å². The number of anilines is 6. The predicted octanol–water partition coefficient (Wildman–Crippen LogP) is 20.2. The van der Waals surface area contributed by atoms with E-state index >= 15 is 0 Å². The second-order valence-electron chi connectivity index (χ2n) is 21.8. The summed E-state index contributed by atoms with van der Waals surface area (Å²) >= 11 is 0. The largest absolute Gasteiger partial charge is 0.310 e. The Kier molecular flexibility index (Phi) is 10.8. The average Bonchev–Trinajstić information content (AvgIpc) is 3.52. The molecule has 13 aromatic rings. The molecule has 0 saturated heterocycles. The van der Waals surface area contributed by atoms with Gasteiger partial charge in [-0.05, 0) is 161 Å². The van der Waals surface area contributed by atoms with Crippen molar-refractivity contribution in [2.45, 2.75) is 17.3 Å². The highest BCUT2D eigenvalue weighted by molar-refractivity contribution is 6.19. The Morgan fingerprint density at radius 3 is 1.15 bits per heavy atom. The standard InChI is InChI=1S/C79H54N2/c1-5-25-56(26-6-1)78(70-42-17-13-37-64(70)65-38-14-18-43-71(65)78)58-29-22-35-62(52-58)80(60-31-9-3-10-32-60)74-51-48-55-46-49-69-75(50-47-54-24-21-41-68(74)77(55)76(54)69)81(61-33-11-4-12-34-61)63-36-23-30-59(53-63)79(57-27-7-2-8-28-57)72-44-19-15-39-66(72)67-40-16-20-45-73(67)79/h1-40,42-53H,41H2. The van der Waals surface area contributed by atoms with Crippen LogP contribution in [0.4, 0.5) is 34.1 Å². The lowest BCUT2D eigenvalue weighted by molar-refractivity contribution is 0.768.